The first-order valence-corrected chi connectivity index (χ1v) is 6.57. The van der Waals surface area contributed by atoms with Crippen LogP contribution in [0.15, 0.2) is 12.4 Å². The minimum absolute atomic E-state index is 0.428. The van der Waals surface area contributed by atoms with Gasteiger partial charge in [-0.25, -0.2) is 0 Å². The van der Waals surface area contributed by atoms with Crippen molar-refractivity contribution in [1.29, 1.82) is 0 Å². The number of nitrogens with one attached hydrogen (secondary N) is 1. The molecule has 1 aromatic rings. The van der Waals surface area contributed by atoms with Crippen LogP contribution in [0.5, 0.6) is 0 Å². The van der Waals surface area contributed by atoms with Crippen molar-refractivity contribution in [1.82, 2.24) is 20.0 Å². The normalized spacial score (nSPS) is 13.2. The molecule has 4 heteroatoms. The molecule has 0 aromatic carbocycles. The van der Waals surface area contributed by atoms with Crippen molar-refractivity contribution in [3.63, 3.8) is 0 Å². The van der Waals surface area contributed by atoms with E-state index in [0.29, 0.717) is 6.04 Å². The minimum Gasteiger partial charge on any atom is -0.310 e. The largest absolute Gasteiger partial charge is 0.310 e. The van der Waals surface area contributed by atoms with Gasteiger partial charge in [-0.15, -0.1) is 0 Å². The van der Waals surface area contributed by atoms with Crippen molar-refractivity contribution in [2.45, 2.75) is 39.3 Å². The third-order valence-electron chi connectivity index (χ3n) is 2.89. The van der Waals surface area contributed by atoms with Gasteiger partial charge in [0.1, 0.15) is 0 Å². The number of aromatic nitrogens is 2. The molecule has 98 valence electrons. The Balaban J connectivity index is 2.60. The van der Waals surface area contributed by atoms with E-state index in [4.69, 9.17) is 0 Å². The van der Waals surface area contributed by atoms with Gasteiger partial charge in [0.2, 0.25) is 0 Å². The quantitative estimate of drug-likeness (QED) is 0.751. The first-order chi connectivity index (χ1) is 8.17. The summed E-state index contributed by atoms with van der Waals surface area (Å²) in [6, 6.07) is 0.428. The molecule has 1 N–H and O–H groups in total. The predicted octanol–water partition coefficient (Wildman–Crippen LogP) is 1.90. The molecular weight excluding hydrogens is 212 g/mol. The van der Waals surface area contributed by atoms with Crippen molar-refractivity contribution >= 4 is 0 Å². The van der Waals surface area contributed by atoms with E-state index in [1.54, 1.807) is 0 Å². The summed E-state index contributed by atoms with van der Waals surface area (Å²) in [5, 5.41) is 7.95. The molecule has 0 saturated carbocycles. The highest BCUT2D eigenvalue weighted by molar-refractivity contribution is 5.10. The highest BCUT2D eigenvalue weighted by Gasteiger charge is 2.12. The Morgan fingerprint density at radius 2 is 2.18 bits per heavy atom. The van der Waals surface area contributed by atoms with Crippen molar-refractivity contribution < 1.29 is 0 Å². The third-order valence-corrected chi connectivity index (χ3v) is 2.89. The molecule has 0 aliphatic heterocycles. The molecule has 0 radical (unpaired) electrons. The zero-order valence-electron chi connectivity index (χ0n) is 11.6. The minimum atomic E-state index is 0.428. The maximum Gasteiger partial charge on any atom is 0.0537 e. The molecule has 1 aromatic heterocycles. The van der Waals surface area contributed by atoms with Crippen molar-refractivity contribution in [2.75, 3.05) is 27.2 Å². The van der Waals surface area contributed by atoms with Crippen molar-refractivity contribution in [2.24, 2.45) is 0 Å². The average Bonchev–Trinajstić information content (AvgIpc) is 2.77. The second-order valence-corrected chi connectivity index (χ2v) is 4.73. The molecule has 0 fully saturated rings. The SMILES string of the molecule is CCCNC(CCN(C)C)c1cnn(CC)c1. The molecule has 0 spiro atoms. The van der Waals surface area contributed by atoms with Gasteiger partial charge in [-0.3, -0.25) is 4.68 Å². The number of aryl methyl sites for hydroxylation is 1. The van der Waals surface area contributed by atoms with Crippen LogP contribution >= 0.6 is 0 Å². The van der Waals surface area contributed by atoms with Crippen LogP contribution in [0.25, 0.3) is 0 Å². The average molecular weight is 238 g/mol. The van der Waals surface area contributed by atoms with Gasteiger partial charge in [0.25, 0.3) is 0 Å². The molecular formula is C13H26N4. The number of hydrogen-bond acceptors (Lipinski definition) is 3. The molecule has 0 saturated heterocycles. The van der Waals surface area contributed by atoms with E-state index >= 15 is 0 Å². The lowest BCUT2D eigenvalue weighted by molar-refractivity contribution is 0.361. The summed E-state index contributed by atoms with van der Waals surface area (Å²) in [5.74, 6) is 0. The van der Waals surface area contributed by atoms with E-state index in [1.165, 1.54) is 12.0 Å². The van der Waals surface area contributed by atoms with Gasteiger partial charge in [-0.1, -0.05) is 6.92 Å². The molecule has 0 aliphatic carbocycles. The fraction of sp³-hybridized carbons (Fsp3) is 0.769. The Morgan fingerprint density at radius 3 is 2.71 bits per heavy atom. The molecule has 4 nitrogen and oxygen atoms in total. The number of rotatable bonds is 8. The fourth-order valence-electron chi connectivity index (χ4n) is 1.82. The Kier molecular flexibility index (Phi) is 6.22. The molecule has 1 atom stereocenters. The Morgan fingerprint density at radius 1 is 1.41 bits per heavy atom. The summed E-state index contributed by atoms with van der Waals surface area (Å²) in [4.78, 5) is 2.23. The maximum absolute atomic E-state index is 4.35. The molecule has 0 bridgehead atoms. The number of hydrogen-bond donors (Lipinski definition) is 1. The highest BCUT2D eigenvalue weighted by Crippen LogP contribution is 2.16. The van der Waals surface area contributed by atoms with E-state index in [1.807, 2.05) is 10.9 Å². The standard InChI is InChI=1S/C13H26N4/c1-5-8-14-13(7-9-16(3)4)12-10-15-17(6-2)11-12/h10-11,13-14H,5-9H2,1-4H3. The number of nitrogens with zero attached hydrogens (tertiary/aromatic N) is 3. The van der Waals surface area contributed by atoms with Crippen LogP contribution in [-0.2, 0) is 6.54 Å². The lowest BCUT2D eigenvalue weighted by atomic mass is 10.1. The summed E-state index contributed by atoms with van der Waals surface area (Å²) in [5.41, 5.74) is 1.31. The van der Waals surface area contributed by atoms with Crippen LogP contribution in [0.4, 0.5) is 0 Å². The van der Waals surface area contributed by atoms with E-state index in [2.05, 4.69) is 49.5 Å². The summed E-state index contributed by atoms with van der Waals surface area (Å²) in [7, 11) is 4.23. The molecule has 0 amide bonds. The fourth-order valence-corrected chi connectivity index (χ4v) is 1.82. The van der Waals surface area contributed by atoms with Crippen molar-refractivity contribution in [3.05, 3.63) is 18.0 Å². The van der Waals surface area contributed by atoms with Crippen LogP contribution in [0.3, 0.4) is 0 Å². The lowest BCUT2D eigenvalue weighted by Crippen LogP contribution is -2.26. The summed E-state index contributed by atoms with van der Waals surface area (Å²) in [6.07, 6.45) is 6.44. The Bertz CT molecular complexity index is 306. The van der Waals surface area contributed by atoms with E-state index in [9.17, 15) is 0 Å². The van der Waals surface area contributed by atoms with Gasteiger partial charge < -0.3 is 10.2 Å². The molecule has 1 unspecified atom stereocenters. The highest BCUT2D eigenvalue weighted by atomic mass is 15.3. The smallest absolute Gasteiger partial charge is 0.0537 e. The van der Waals surface area contributed by atoms with Gasteiger partial charge in [-0.05, 0) is 47.0 Å². The first-order valence-electron chi connectivity index (χ1n) is 6.57. The predicted molar refractivity (Wildman–Crippen MR) is 72.1 cm³/mol. The van der Waals surface area contributed by atoms with E-state index in [0.717, 1.165) is 26.1 Å². The summed E-state index contributed by atoms with van der Waals surface area (Å²) < 4.78 is 1.99. The Hall–Kier alpha value is -0.870. The summed E-state index contributed by atoms with van der Waals surface area (Å²) in [6.45, 7) is 7.42. The zero-order chi connectivity index (χ0) is 12.7. The van der Waals surface area contributed by atoms with Gasteiger partial charge in [0.15, 0.2) is 0 Å². The lowest BCUT2D eigenvalue weighted by Gasteiger charge is -2.19. The van der Waals surface area contributed by atoms with Gasteiger partial charge in [-0.2, -0.15) is 5.10 Å². The van der Waals surface area contributed by atoms with Gasteiger partial charge >= 0.3 is 0 Å². The van der Waals surface area contributed by atoms with Crippen LogP contribution in [0.1, 0.15) is 38.3 Å². The van der Waals surface area contributed by atoms with Crippen LogP contribution < -0.4 is 5.32 Å². The van der Waals surface area contributed by atoms with Gasteiger partial charge in [0, 0.05) is 24.3 Å². The first kappa shape index (κ1) is 14.2. The zero-order valence-corrected chi connectivity index (χ0v) is 11.6. The van der Waals surface area contributed by atoms with E-state index < -0.39 is 0 Å². The molecule has 17 heavy (non-hydrogen) atoms. The van der Waals surface area contributed by atoms with Crippen LogP contribution in [0.2, 0.25) is 0 Å². The Labute approximate surface area is 105 Å². The van der Waals surface area contributed by atoms with Crippen molar-refractivity contribution in [3.8, 4) is 0 Å². The third kappa shape index (κ3) is 4.88. The topological polar surface area (TPSA) is 33.1 Å². The molecule has 1 heterocycles. The summed E-state index contributed by atoms with van der Waals surface area (Å²) >= 11 is 0. The maximum atomic E-state index is 4.35. The van der Waals surface area contributed by atoms with Crippen LogP contribution in [0, 0.1) is 0 Å². The van der Waals surface area contributed by atoms with Gasteiger partial charge in [0.05, 0.1) is 6.20 Å². The van der Waals surface area contributed by atoms with E-state index in [-0.39, 0.29) is 0 Å². The molecule has 0 aliphatic rings. The molecule has 1 rings (SSSR count). The monoisotopic (exact) mass is 238 g/mol. The second-order valence-electron chi connectivity index (χ2n) is 4.73. The van der Waals surface area contributed by atoms with Crippen LogP contribution in [-0.4, -0.2) is 41.9 Å². The second kappa shape index (κ2) is 7.45.